The second-order valence-electron chi connectivity index (χ2n) is 5.67. The van der Waals surface area contributed by atoms with Crippen molar-refractivity contribution in [1.29, 1.82) is 0 Å². The smallest absolute Gasteiger partial charge is 0.0234 e. The lowest BCUT2D eigenvalue weighted by molar-refractivity contribution is 0.319. The Bertz CT molecular complexity index is 506. The first-order chi connectivity index (χ1) is 9.33. The average Bonchev–Trinajstić information content (AvgIpc) is 2.82. The van der Waals surface area contributed by atoms with Crippen molar-refractivity contribution >= 4 is 0 Å². The molecular formula is C18H21N. The van der Waals surface area contributed by atoms with Gasteiger partial charge in [-0.2, -0.15) is 0 Å². The van der Waals surface area contributed by atoms with E-state index in [1.54, 1.807) is 0 Å². The van der Waals surface area contributed by atoms with Gasteiger partial charge in [0, 0.05) is 25.6 Å². The molecule has 2 atom stereocenters. The van der Waals surface area contributed by atoms with Gasteiger partial charge in [0.15, 0.2) is 0 Å². The Balaban J connectivity index is 1.69. The Hall–Kier alpha value is -1.60. The summed E-state index contributed by atoms with van der Waals surface area (Å²) >= 11 is 0. The summed E-state index contributed by atoms with van der Waals surface area (Å²) in [5, 5.41) is 0. The molecule has 0 radical (unpaired) electrons. The molecule has 1 heterocycles. The zero-order valence-electron chi connectivity index (χ0n) is 11.5. The maximum Gasteiger partial charge on any atom is 0.0234 e. The van der Waals surface area contributed by atoms with Crippen LogP contribution in [0.25, 0.3) is 0 Å². The van der Waals surface area contributed by atoms with E-state index in [4.69, 9.17) is 0 Å². The lowest BCUT2D eigenvalue weighted by Crippen LogP contribution is -2.20. The summed E-state index contributed by atoms with van der Waals surface area (Å²) in [5.74, 6) is 1.43. The van der Waals surface area contributed by atoms with Crippen molar-refractivity contribution in [2.45, 2.75) is 19.4 Å². The molecular weight excluding hydrogens is 230 g/mol. The summed E-state index contributed by atoms with van der Waals surface area (Å²) in [6.07, 6.45) is 0. The van der Waals surface area contributed by atoms with Crippen LogP contribution in [0.15, 0.2) is 60.7 Å². The van der Waals surface area contributed by atoms with Crippen LogP contribution in [0, 0.1) is 5.92 Å². The van der Waals surface area contributed by atoms with Crippen LogP contribution in [-0.4, -0.2) is 18.0 Å². The van der Waals surface area contributed by atoms with E-state index in [9.17, 15) is 0 Å². The summed E-state index contributed by atoms with van der Waals surface area (Å²) in [4.78, 5) is 2.58. The second-order valence-corrected chi connectivity index (χ2v) is 5.67. The van der Waals surface area contributed by atoms with Gasteiger partial charge in [0.1, 0.15) is 0 Å². The van der Waals surface area contributed by atoms with E-state index in [1.165, 1.54) is 24.2 Å². The van der Waals surface area contributed by atoms with Crippen LogP contribution >= 0.6 is 0 Å². The number of hydrogen-bond acceptors (Lipinski definition) is 1. The van der Waals surface area contributed by atoms with Crippen LogP contribution in [0.2, 0.25) is 0 Å². The van der Waals surface area contributed by atoms with E-state index < -0.39 is 0 Å². The number of hydrogen-bond donors (Lipinski definition) is 0. The molecule has 0 unspecified atom stereocenters. The molecule has 0 amide bonds. The van der Waals surface area contributed by atoms with Crippen LogP contribution in [0.5, 0.6) is 0 Å². The highest BCUT2D eigenvalue weighted by Crippen LogP contribution is 2.32. The maximum atomic E-state index is 2.58. The molecule has 1 nitrogen and oxygen atoms in total. The molecule has 0 spiro atoms. The Kier molecular flexibility index (Phi) is 3.65. The minimum atomic E-state index is 0.685. The van der Waals surface area contributed by atoms with Crippen LogP contribution in [0.1, 0.15) is 24.0 Å². The fraction of sp³-hybridized carbons (Fsp3) is 0.333. The molecule has 0 aliphatic carbocycles. The lowest BCUT2D eigenvalue weighted by atomic mass is 9.90. The third-order valence-corrected chi connectivity index (χ3v) is 4.16. The number of likely N-dealkylation sites (tertiary alicyclic amines) is 1. The minimum Gasteiger partial charge on any atom is -0.298 e. The van der Waals surface area contributed by atoms with Gasteiger partial charge in [-0.1, -0.05) is 67.6 Å². The third kappa shape index (κ3) is 2.87. The molecule has 1 heteroatoms. The minimum absolute atomic E-state index is 0.685. The molecule has 3 rings (SSSR count). The predicted octanol–water partition coefficient (Wildman–Crippen LogP) is 3.92. The van der Waals surface area contributed by atoms with Gasteiger partial charge < -0.3 is 0 Å². The van der Waals surface area contributed by atoms with Gasteiger partial charge in [0.05, 0.1) is 0 Å². The molecule has 2 aromatic carbocycles. The molecule has 1 aliphatic heterocycles. The van der Waals surface area contributed by atoms with E-state index in [2.05, 4.69) is 72.5 Å². The first kappa shape index (κ1) is 12.4. The topological polar surface area (TPSA) is 3.24 Å². The van der Waals surface area contributed by atoms with Crippen LogP contribution < -0.4 is 0 Å². The van der Waals surface area contributed by atoms with Gasteiger partial charge >= 0.3 is 0 Å². The van der Waals surface area contributed by atoms with Crippen molar-refractivity contribution in [3.8, 4) is 0 Å². The first-order valence-corrected chi connectivity index (χ1v) is 7.14. The average molecular weight is 251 g/mol. The highest BCUT2D eigenvalue weighted by atomic mass is 15.1. The number of nitrogens with zero attached hydrogens (tertiary/aromatic N) is 1. The molecule has 98 valence electrons. The lowest BCUT2D eigenvalue weighted by Gasteiger charge is -2.16. The summed E-state index contributed by atoms with van der Waals surface area (Å²) in [6.45, 7) is 5.84. The highest BCUT2D eigenvalue weighted by Gasteiger charge is 2.30. The van der Waals surface area contributed by atoms with Crippen molar-refractivity contribution in [3.63, 3.8) is 0 Å². The molecule has 0 saturated carbocycles. The molecule has 2 aromatic rings. The van der Waals surface area contributed by atoms with Crippen molar-refractivity contribution in [2.75, 3.05) is 13.1 Å². The molecule has 1 saturated heterocycles. The Morgan fingerprint density at radius 2 is 1.53 bits per heavy atom. The third-order valence-electron chi connectivity index (χ3n) is 4.16. The molecule has 19 heavy (non-hydrogen) atoms. The van der Waals surface area contributed by atoms with Gasteiger partial charge in [-0.15, -0.1) is 0 Å². The van der Waals surface area contributed by atoms with Crippen molar-refractivity contribution in [2.24, 2.45) is 5.92 Å². The van der Waals surface area contributed by atoms with E-state index in [0.29, 0.717) is 5.92 Å². The van der Waals surface area contributed by atoms with Crippen LogP contribution in [0.4, 0.5) is 0 Å². The Labute approximate surface area is 115 Å². The molecule has 0 bridgehead atoms. The summed E-state index contributed by atoms with van der Waals surface area (Å²) in [6, 6.07) is 21.7. The van der Waals surface area contributed by atoms with E-state index in [1.807, 2.05) is 0 Å². The SMILES string of the molecule is C[C@@H]1CN(Cc2ccccc2)C[C@H]1c1ccccc1. The van der Waals surface area contributed by atoms with Gasteiger partial charge in [0.2, 0.25) is 0 Å². The molecule has 0 N–H and O–H groups in total. The summed E-state index contributed by atoms with van der Waals surface area (Å²) < 4.78 is 0. The second kappa shape index (κ2) is 5.58. The standard InChI is InChI=1S/C18H21N/c1-15-12-19(13-16-8-4-2-5-9-16)14-18(15)17-10-6-3-7-11-17/h2-11,15,18H,12-14H2,1H3/t15-,18-/m1/s1. The zero-order valence-corrected chi connectivity index (χ0v) is 11.5. The Morgan fingerprint density at radius 1 is 0.895 bits per heavy atom. The van der Waals surface area contributed by atoms with Gasteiger partial charge in [-0.25, -0.2) is 0 Å². The predicted molar refractivity (Wildman–Crippen MR) is 80.1 cm³/mol. The molecule has 1 aliphatic rings. The van der Waals surface area contributed by atoms with E-state index in [0.717, 1.165) is 12.5 Å². The normalized spacial score (nSPS) is 23.6. The maximum absolute atomic E-state index is 2.58. The van der Waals surface area contributed by atoms with E-state index in [-0.39, 0.29) is 0 Å². The van der Waals surface area contributed by atoms with Crippen LogP contribution in [0.3, 0.4) is 0 Å². The van der Waals surface area contributed by atoms with Gasteiger partial charge in [0.25, 0.3) is 0 Å². The summed E-state index contributed by atoms with van der Waals surface area (Å²) in [5.41, 5.74) is 2.91. The van der Waals surface area contributed by atoms with Crippen LogP contribution in [-0.2, 0) is 6.54 Å². The molecule has 0 aromatic heterocycles. The first-order valence-electron chi connectivity index (χ1n) is 7.14. The fourth-order valence-electron chi connectivity index (χ4n) is 3.17. The largest absolute Gasteiger partial charge is 0.298 e. The van der Waals surface area contributed by atoms with Gasteiger partial charge in [-0.05, 0) is 17.0 Å². The van der Waals surface area contributed by atoms with Gasteiger partial charge in [-0.3, -0.25) is 4.90 Å². The van der Waals surface area contributed by atoms with Crippen molar-refractivity contribution in [3.05, 3.63) is 71.8 Å². The molecule has 1 fully saturated rings. The quantitative estimate of drug-likeness (QED) is 0.799. The van der Waals surface area contributed by atoms with Crippen molar-refractivity contribution in [1.82, 2.24) is 4.90 Å². The number of rotatable bonds is 3. The fourth-order valence-corrected chi connectivity index (χ4v) is 3.17. The number of benzene rings is 2. The highest BCUT2D eigenvalue weighted by molar-refractivity contribution is 5.22. The monoisotopic (exact) mass is 251 g/mol. The zero-order chi connectivity index (χ0) is 13.1. The summed E-state index contributed by atoms with van der Waals surface area (Å²) in [7, 11) is 0. The Morgan fingerprint density at radius 3 is 2.21 bits per heavy atom. The van der Waals surface area contributed by atoms with E-state index >= 15 is 0 Å². The van der Waals surface area contributed by atoms with Crippen molar-refractivity contribution < 1.29 is 0 Å².